The summed E-state index contributed by atoms with van der Waals surface area (Å²) in [7, 11) is 3.72. The molecular weight excluding hydrogens is 430 g/mol. The van der Waals surface area contributed by atoms with Gasteiger partial charge in [0.15, 0.2) is 11.6 Å². The number of benzene rings is 1. The van der Waals surface area contributed by atoms with E-state index in [2.05, 4.69) is 0 Å². The Labute approximate surface area is 192 Å². The van der Waals surface area contributed by atoms with Gasteiger partial charge in [0, 0.05) is 23.1 Å². The highest BCUT2D eigenvalue weighted by molar-refractivity contribution is 6.17. The lowest BCUT2D eigenvalue weighted by molar-refractivity contribution is -0.145. The fourth-order valence-corrected chi connectivity index (χ4v) is 5.66. The molecule has 0 aromatic heterocycles. The number of rotatable bonds is 4. The second-order valence-corrected chi connectivity index (χ2v) is 9.67. The third-order valence-electron chi connectivity index (χ3n) is 7.35. The lowest BCUT2D eigenvalue weighted by Crippen LogP contribution is -2.51. The van der Waals surface area contributed by atoms with Crippen LogP contribution in [0.2, 0.25) is 0 Å². The van der Waals surface area contributed by atoms with Gasteiger partial charge in [0.1, 0.15) is 5.75 Å². The number of ketones is 2. The Balaban J connectivity index is 1.69. The number of hydrogen-bond donors (Lipinski definition) is 3. The Kier molecular flexibility index (Phi) is 6.34. The van der Waals surface area contributed by atoms with Crippen molar-refractivity contribution in [2.75, 3.05) is 14.1 Å². The number of aliphatic hydroxyl groups excluding tert-OH is 1. The molecule has 2 saturated heterocycles. The molecule has 180 valence electrons. The summed E-state index contributed by atoms with van der Waals surface area (Å²) >= 11 is 0. The maximum absolute atomic E-state index is 13.5. The molecule has 33 heavy (non-hydrogen) atoms. The van der Waals surface area contributed by atoms with E-state index in [1.54, 1.807) is 26.0 Å². The third kappa shape index (κ3) is 4.07. The van der Waals surface area contributed by atoms with Crippen LogP contribution in [0.5, 0.6) is 5.75 Å². The van der Waals surface area contributed by atoms with Gasteiger partial charge in [0.25, 0.3) is 0 Å². The number of fused-ring (bicyclic) bond motifs is 2. The molecule has 1 aromatic carbocycles. The van der Waals surface area contributed by atoms with Crippen molar-refractivity contribution in [2.24, 2.45) is 11.8 Å². The van der Waals surface area contributed by atoms with E-state index in [1.165, 1.54) is 0 Å². The first kappa shape index (κ1) is 23.8. The Hall–Kier alpha value is -2.33. The normalized spacial score (nSPS) is 36.4. The number of carboxylic acids is 1. The van der Waals surface area contributed by atoms with Crippen LogP contribution in [-0.2, 0) is 14.3 Å². The largest absolute Gasteiger partial charge is 0.507 e. The van der Waals surface area contributed by atoms with Gasteiger partial charge in [-0.1, -0.05) is 12.1 Å². The fraction of sp³-hybridized carbons (Fsp3) is 0.625. The molecule has 3 unspecified atom stereocenters. The maximum atomic E-state index is 13.5. The first-order valence-corrected chi connectivity index (χ1v) is 11.3. The van der Waals surface area contributed by atoms with Crippen molar-refractivity contribution in [2.45, 2.75) is 69.7 Å². The minimum Gasteiger partial charge on any atom is -0.507 e. The van der Waals surface area contributed by atoms with Gasteiger partial charge in [-0.25, -0.2) is 0 Å². The minimum absolute atomic E-state index is 0.0188. The standard InChI is InChI=1S/C24H31NO8/c1-10-19-15(7-12(32-10)8-18(26)27)22(29)14-6-5-13(23(30)20(14)24(19)31)17-9-16(25(3)4)21(28)11(2)33-17/h5-6,10-12,15-17,19,21,28,30H,7-9H2,1-4H3,(H,26,27)/t10-,11-,12+,15?,16-,17?,19?,21-/m1/s1. The van der Waals surface area contributed by atoms with Crippen molar-refractivity contribution in [1.82, 2.24) is 4.90 Å². The molecule has 2 fully saturated rings. The number of phenolic OH excluding ortho intramolecular Hbond substituents is 1. The van der Waals surface area contributed by atoms with Crippen LogP contribution in [0.15, 0.2) is 12.1 Å². The van der Waals surface area contributed by atoms with Gasteiger partial charge in [-0.2, -0.15) is 0 Å². The molecular formula is C24H31NO8. The number of Topliss-reactive ketones (excluding diaryl/α,β-unsaturated/α-hetero) is 2. The summed E-state index contributed by atoms with van der Waals surface area (Å²) in [5, 5.41) is 30.7. The smallest absolute Gasteiger partial charge is 0.305 e. The molecule has 1 aliphatic carbocycles. The zero-order valence-corrected chi connectivity index (χ0v) is 19.2. The van der Waals surface area contributed by atoms with Crippen molar-refractivity contribution >= 4 is 17.5 Å². The number of nitrogens with zero attached hydrogens (tertiary/aromatic N) is 1. The molecule has 0 spiro atoms. The van der Waals surface area contributed by atoms with Gasteiger partial charge in [0.05, 0.1) is 48.4 Å². The minimum atomic E-state index is -1.02. The monoisotopic (exact) mass is 461 g/mol. The number of carboxylic acid groups (broad SMARTS) is 1. The molecule has 9 nitrogen and oxygen atoms in total. The van der Waals surface area contributed by atoms with Crippen LogP contribution in [0.3, 0.4) is 0 Å². The van der Waals surface area contributed by atoms with E-state index >= 15 is 0 Å². The van der Waals surface area contributed by atoms with Crippen LogP contribution in [-0.4, -0.2) is 82.3 Å². The third-order valence-corrected chi connectivity index (χ3v) is 7.35. The molecule has 2 heterocycles. The average molecular weight is 462 g/mol. The molecule has 3 N–H and O–H groups in total. The number of ether oxygens (including phenoxy) is 2. The number of carbonyl (C=O) groups is 3. The number of aromatic hydroxyl groups is 1. The second kappa shape index (κ2) is 8.79. The highest BCUT2D eigenvalue weighted by Gasteiger charge is 2.50. The first-order chi connectivity index (χ1) is 15.5. The van der Waals surface area contributed by atoms with Crippen LogP contribution in [0.1, 0.15) is 65.5 Å². The number of hydrogen-bond acceptors (Lipinski definition) is 8. The molecule has 4 rings (SSSR count). The van der Waals surface area contributed by atoms with Crippen LogP contribution in [0.25, 0.3) is 0 Å². The van der Waals surface area contributed by atoms with Gasteiger partial charge < -0.3 is 29.7 Å². The van der Waals surface area contributed by atoms with E-state index in [1.807, 2.05) is 19.0 Å². The van der Waals surface area contributed by atoms with E-state index < -0.39 is 48.3 Å². The summed E-state index contributed by atoms with van der Waals surface area (Å²) in [6.07, 6.45) is -2.69. The maximum Gasteiger partial charge on any atom is 0.305 e. The van der Waals surface area contributed by atoms with Crippen LogP contribution in [0, 0.1) is 11.8 Å². The Bertz CT molecular complexity index is 975. The summed E-state index contributed by atoms with van der Waals surface area (Å²) in [5.41, 5.74) is 0.542. The molecule has 9 heteroatoms. The summed E-state index contributed by atoms with van der Waals surface area (Å²) in [4.78, 5) is 39.8. The zero-order valence-electron chi connectivity index (χ0n) is 19.2. The predicted octanol–water partition coefficient (Wildman–Crippen LogP) is 1.80. The molecule has 3 aliphatic rings. The Morgan fingerprint density at radius 1 is 1.09 bits per heavy atom. The quantitative estimate of drug-likeness (QED) is 0.614. The Morgan fingerprint density at radius 2 is 1.79 bits per heavy atom. The molecule has 1 aromatic rings. The van der Waals surface area contributed by atoms with Crippen LogP contribution < -0.4 is 0 Å². The van der Waals surface area contributed by atoms with E-state index in [4.69, 9.17) is 14.6 Å². The van der Waals surface area contributed by atoms with Crippen molar-refractivity contribution in [1.29, 1.82) is 0 Å². The van der Waals surface area contributed by atoms with Gasteiger partial charge in [0.2, 0.25) is 0 Å². The Morgan fingerprint density at radius 3 is 2.42 bits per heavy atom. The van der Waals surface area contributed by atoms with Gasteiger partial charge in [-0.15, -0.1) is 0 Å². The number of phenols is 1. The topological polar surface area (TPSA) is 134 Å². The SMILES string of the molecule is C[C@H]1O[C@H](CC(=O)O)CC2C(=O)c3ccc(C4C[C@@H](N(C)C)[C@H](O)[C@@H](C)O4)c(O)c3C(=O)C21. The van der Waals surface area contributed by atoms with Crippen molar-refractivity contribution in [3.63, 3.8) is 0 Å². The first-order valence-electron chi connectivity index (χ1n) is 11.3. The lowest BCUT2D eigenvalue weighted by Gasteiger charge is -2.43. The number of aliphatic carboxylic acids is 1. The fourth-order valence-electron chi connectivity index (χ4n) is 5.66. The van der Waals surface area contributed by atoms with Crippen molar-refractivity contribution in [3.8, 4) is 5.75 Å². The summed E-state index contributed by atoms with van der Waals surface area (Å²) < 4.78 is 11.7. The van der Waals surface area contributed by atoms with Gasteiger partial charge >= 0.3 is 5.97 Å². The van der Waals surface area contributed by atoms with E-state index in [0.717, 1.165) is 0 Å². The highest BCUT2D eigenvalue weighted by Crippen LogP contribution is 2.46. The number of likely N-dealkylation sites (N-methyl/N-ethyl adjacent to an activating group) is 1. The summed E-state index contributed by atoms with van der Waals surface area (Å²) in [5.74, 6) is -3.40. The second-order valence-electron chi connectivity index (χ2n) is 9.67. The molecule has 0 amide bonds. The van der Waals surface area contributed by atoms with Gasteiger partial charge in [-0.05, 0) is 40.8 Å². The molecule has 2 aliphatic heterocycles. The molecule has 8 atom stereocenters. The number of carbonyl (C=O) groups excluding carboxylic acids is 2. The highest BCUT2D eigenvalue weighted by atomic mass is 16.5. The predicted molar refractivity (Wildman–Crippen MR) is 116 cm³/mol. The van der Waals surface area contributed by atoms with E-state index in [-0.39, 0.29) is 47.3 Å². The summed E-state index contributed by atoms with van der Waals surface area (Å²) in [6, 6.07) is 2.96. The van der Waals surface area contributed by atoms with Crippen LogP contribution >= 0.6 is 0 Å². The van der Waals surface area contributed by atoms with E-state index in [9.17, 15) is 24.6 Å². The van der Waals surface area contributed by atoms with Crippen LogP contribution in [0.4, 0.5) is 0 Å². The average Bonchev–Trinajstić information content (AvgIpc) is 2.72. The van der Waals surface area contributed by atoms with Crippen molar-refractivity contribution in [3.05, 3.63) is 28.8 Å². The van der Waals surface area contributed by atoms with E-state index in [0.29, 0.717) is 12.0 Å². The van der Waals surface area contributed by atoms with Crippen molar-refractivity contribution < 1.29 is 39.2 Å². The van der Waals surface area contributed by atoms with Gasteiger partial charge in [-0.3, -0.25) is 14.4 Å². The summed E-state index contributed by atoms with van der Waals surface area (Å²) in [6.45, 7) is 3.42. The molecule has 0 bridgehead atoms. The lowest BCUT2D eigenvalue weighted by atomic mass is 9.67. The zero-order chi connectivity index (χ0) is 24.2. The molecule has 0 saturated carbocycles. The molecule has 0 radical (unpaired) electrons. The number of aliphatic hydroxyl groups is 1.